The number of H-pyrrole nitrogens is 1. The van der Waals surface area contributed by atoms with Crippen LogP contribution < -0.4 is 5.73 Å². The summed E-state index contributed by atoms with van der Waals surface area (Å²) in [4.78, 5) is 4.52. The second-order valence-corrected chi connectivity index (χ2v) is 4.52. The van der Waals surface area contributed by atoms with Gasteiger partial charge < -0.3 is 10.2 Å². The summed E-state index contributed by atoms with van der Waals surface area (Å²) in [5.74, 6) is 2.36. The first-order valence-corrected chi connectivity index (χ1v) is 6.58. The Bertz CT molecular complexity index is 682. The highest BCUT2D eigenvalue weighted by Crippen LogP contribution is 2.22. The number of anilines is 1. The number of nitrogens with one attached hydrogen (secondary N) is 1. The summed E-state index contributed by atoms with van der Waals surface area (Å²) >= 11 is 0. The molecule has 0 saturated carbocycles. The van der Waals surface area contributed by atoms with E-state index in [1.807, 2.05) is 16.8 Å². The Hall–Kier alpha value is -2.57. The van der Waals surface area contributed by atoms with Gasteiger partial charge in [-0.3, -0.25) is 5.10 Å². The van der Waals surface area contributed by atoms with Crippen molar-refractivity contribution in [1.82, 2.24) is 25.0 Å². The van der Waals surface area contributed by atoms with Gasteiger partial charge in [0.05, 0.1) is 6.26 Å². The van der Waals surface area contributed by atoms with Crippen LogP contribution in [0, 0.1) is 0 Å². The number of aromatic nitrogens is 5. The van der Waals surface area contributed by atoms with Crippen LogP contribution in [0.5, 0.6) is 0 Å². The minimum Gasteiger partial charge on any atom is -0.461 e. The molecule has 20 heavy (non-hydrogen) atoms. The summed E-state index contributed by atoms with van der Waals surface area (Å²) < 4.78 is 7.20. The van der Waals surface area contributed by atoms with Gasteiger partial charge in [-0.15, -0.1) is 5.10 Å². The smallest absolute Gasteiger partial charge is 0.217 e. The third-order valence-electron chi connectivity index (χ3n) is 2.98. The molecule has 0 atom stereocenters. The van der Waals surface area contributed by atoms with Gasteiger partial charge in [-0.1, -0.05) is 13.3 Å². The van der Waals surface area contributed by atoms with E-state index in [9.17, 15) is 0 Å². The number of hydrogen-bond donors (Lipinski definition) is 2. The first-order chi connectivity index (χ1) is 9.78. The molecular weight excluding hydrogens is 256 g/mol. The van der Waals surface area contributed by atoms with Crippen LogP contribution >= 0.6 is 0 Å². The highest BCUT2D eigenvalue weighted by Gasteiger charge is 2.16. The Morgan fingerprint density at radius 1 is 1.45 bits per heavy atom. The molecule has 0 radical (unpaired) electrons. The van der Waals surface area contributed by atoms with Crippen LogP contribution in [0.2, 0.25) is 0 Å². The van der Waals surface area contributed by atoms with Gasteiger partial charge in [-0.05, 0) is 18.6 Å². The van der Waals surface area contributed by atoms with Crippen molar-refractivity contribution in [2.24, 2.45) is 0 Å². The molecule has 0 aliphatic heterocycles. The molecule has 3 aromatic rings. The standard InChI is InChI=1S/C13H16N6O/c1-2-3-6-19-13(9-8-11(14)17-16-9)15-12(18-19)10-5-4-7-20-10/h4-5,7-8H,2-3,6H2,1H3,(H3,14,16,17). The summed E-state index contributed by atoms with van der Waals surface area (Å²) in [5, 5.41) is 11.3. The fraction of sp³-hybridized carbons (Fsp3) is 0.308. The highest BCUT2D eigenvalue weighted by molar-refractivity contribution is 5.58. The largest absolute Gasteiger partial charge is 0.461 e. The topological polar surface area (TPSA) is 98.6 Å². The van der Waals surface area contributed by atoms with Crippen molar-refractivity contribution in [3.05, 3.63) is 24.5 Å². The molecule has 0 saturated heterocycles. The van der Waals surface area contributed by atoms with Crippen molar-refractivity contribution in [3.8, 4) is 23.1 Å². The zero-order valence-electron chi connectivity index (χ0n) is 11.2. The fourth-order valence-electron chi connectivity index (χ4n) is 1.97. The lowest BCUT2D eigenvalue weighted by Gasteiger charge is -2.02. The molecule has 0 bridgehead atoms. The molecule has 0 aromatic carbocycles. The van der Waals surface area contributed by atoms with Gasteiger partial charge in [0, 0.05) is 12.6 Å². The summed E-state index contributed by atoms with van der Waals surface area (Å²) in [6.07, 6.45) is 3.72. The normalized spacial score (nSPS) is 11.1. The lowest BCUT2D eigenvalue weighted by atomic mass is 10.3. The zero-order valence-corrected chi connectivity index (χ0v) is 11.2. The number of nitrogens with two attached hydrogens (primary N) is 1. The van der Waals surface area contributed by atoms with E-state index in [0.29, 0.717) is 23.2 Å². The Morgan fingerprint density at radius 2 is 2.35 bits per heavy atom. The molecule has 0 aliphatic carbocycles. The lowest BCUT2D eigenvalue weighted by molar-refractivity contribution is 0.561. The summed E-state index contributed by atoms with van der Waals surface area (Å²) in [6, 6.07) is 5.40. The van der Waals surface area contributed by atoms with Crippen LogP contribution in [0.4, 0.5) is 5.82 Å². The van der Waals surface area contributed by atoms with Crippen LogP contribution in [0.3, 0.4) is 0 Å². The number of nitrogens with zero attached hydrogens (tertiary/aromatic N) is 4. The van der Waals surface area contributed by atoms with Gasteiger partial charge in [-0.25, -0.2) is 9.67 Å². The minimum atomic E-state index is 0.435. The number of hydrogen-bond acceptors (Lipinski definition) is 5. The molecule has 3 rings (SSSR count). The Morgan fingerprint density at radius 3 is 3.00 bits per heavy atom. The maximum atomic E-state index is 5.65. The van der Waals surface area contributed by atoms with Crippen molar-refractivity contribution in [3.63, 3.8) is 0 Å². The van der Waals surface area contributed by atoms with Gasteiger partial charge >= 0.3 is 0 Å². The first-order valence-electron chi connectivity index (χ1n) is 6.58. The molecular formula is C13H16N6O. The quantitative estimate of drug-likeness (QED) is 0.742. The van der Waals surface area contributed by atoms with E-state index in [2.05, 4.69) is 27.2 Å². The second-order valence-electron chi connectivity index (χ2n) is 4.52. The van der Waals surface area contributed by atoms with Gasteiger partial charge in [-0.2, -0.15) is 5.10 Å². The number of rotatable bonds is 5. The predicted octanol–water partition coefficient (Wildman–Crippen LogP) is 2.31. The molecule has 0 aliphatic rings. The van der Waals surface area contributed by atoms with Crippen molar-refractivity contribution >= 4 is 5.82 Å². The van der Waals surface area contributed by atoms with Crippen molar-refractivity contribution in [1.29, 1.82) is 0 Å². The van der Waals surface area contributed by atoms with Gasteiger partial charge in [0.1, 0.15) is 11.5 Å². The van der Waals surface area contributed by atoms with Crippen molar-refractivity contribution in [2.75, 3.05) is 5.73 Å². The maximum Gasteiger partial charge on any atom is 0.217 e. The van der Waals surface area contributed by atoms with E-state index in [1.165, 1.54) is 0 Å². The molecule has 104 valence electrons. The Kier molecular flexibility index (Phi) is 3.24. The van der Waals surface area contributed by atoms with E-state index < -0.39 is 0 Å². The van der Waals surface area contributed by atoms with E-state index in [-0.39, 0.29) is 0 Å². The molecule has 7 nitrogen and oxygen atoms in total. The van der Waals surface area contributed by atoms with Gasteiger partial charge in [0.15, 0.2) is 11.6 Å². The molecule has 0 unspecified atom stereocenters. The average molecular weight is 272 g/mol. The minimum absolute atomic E-state index is 0.435. The summed E-state index contributed by atoms with van der Waals surface area (Å²) in [6.45, 7) is 2.93. The average Bonchev–Trinajstić information content (AvgIpc) is 3.15. The lowest BCUT2D eigenvalue weighted by Crippen LogP contribution is -2.02. The monoisotopic (exact) mass is 272 g/mol. The predicted molar refractivity (Wildman–Crippen MR) is 74.6 cm³/mol. The molecule has 0 spiro atoms. The summed E-state index contributed by atoms with van der Waals surface area (Å²) in [5.41, 5.74) is 6.40. The van der Waals surface area contributed by atoms with Crippen LogP contribution in [-0.2, 0) is 6.54 Å². The van der Waals surface area contributed by atoms with Crippen LogP contribution in [0.15, 0.2) is 28.9 Å². The van der Waals surface area contributed by atoms with E-state index in [4.69, 9.17) is 10.2 Å². The number of unbranched alkanes of at least 4 members (excludes halogenated alkanes) is 1. The fourth-order valence-corrected chi connectivity index (χ4v) is 1.97. The number of furan rings is 1. The first kappa shape index (κ1) is 12.5. The molecule has 3 N–H and O–H groups in total. The molecule has 3 aromatic heterocycles. The summed E-state index contributed by atoms with van der Waals surface area (Å²) in [7, 11) is 0. The Balaban J connectivity index is 2.02. The van der Waals surface area contributed by atoms with Crippen molar-refractivity contribution < 1.29 is 4.42 Å². The number of aryl methyl sites for hydroxylation is 1. The highest BCUT2D eigenvalue weighted by atomic mass is 16.3. The maximum absolute atomic E-state index is 5.65. The van der Waals surface area contributed by atoms with Crippen LogP contribution in [0.1, 0.15) is 19.8 Å². The van der Waals surface area contributed by atoms with E-state index >= 15 is 0 Å². The Labute approximate surface area is 115 Å². The van der Waals surface area contributed by atoms with Gasteiger partial charge in [0.25, 0.3) is 0 Å². The zero-order chi connectivity index (χ0) is 13.9. The number of aromatic amines is 1. The van der Waals surface area contributed by atoms with E-state index in [1.54, 1.807) is 12.3 Å². The van der Waals surface area contributed by atoms with Crippen LogP contribution in [0.25, 0.3) is 23.1 Å². The van der Waals surface area contributed by atoms with Crippen molar-refractivity contribution in [2.45, 2.75) is 26.3 Å². The molecule has 3 heterocycles. The molecule has 0 fully saturated rings. The molecule has 0 amide bonds. The van der Waals surface area contributed by atoms with Gasteiger partial charge in [0.2, 0.25) is 5.82 Å². The van der Waals surface area contributed by atoms with Crippen LogP contribution in [-0.4, -0.2) is 25.0 Å². The number of nitrogen functional groups attached to an aromatic ring is 1. The third kappa shape index (κ3) is 2.29. The molecule has 7 heteroatoms. The SMILES string of the molecule is CCCCn1nc(-c2ccco2)nc1-c1cc(N)n[nH]1. The second kappa shape index (κ2) is 5.20. The van der Waals surface area contributed by atoms with E-state index in [0.717, 1.165) is 25.1 Å². The third-order valence-corrected chi connectivity index (χ3v) is 2.98.